The number of amides is 1. The Bertz CT molecular complexity index is 1760. The quantitative estimate of drug-likeness (QED) is 0.245. The average Bonchev–Trinajstić information content (AvgIpc) is 3.22. The summed E-state index contributed by atoms with van der Waals surface area (Å²) in [4.78, 5) is 47.0. The summed E-state index contributed by atoms with van der Waals surface area (Å²) < 4.78 is 0. The highest BCUT2D eigenvalue weighted by Gasteiger charge is 2.42. The van der Waals surface area contributed by atoms with Crippen LogP contribution in [0.2, 0.25) is 0 Å². The molecular weight excluding hydrogens is 500 g/mol. The molecule has 40 heavy (non-hydrogen) atoms. The van der Waals surface area contributed by atoms with Crippen molar-refractivity contribution in [3.63, 3.8) is 0 Å². The summed E-state index contributed by atoms with van der Waals surface area (Å²) in [6.07, 6.45) is 0. The molecule has 5 aromatic rings. The minimum atomic E-state index is -1.27. The predicted octanol–water partition coefficient (Wildman–Crippen LogP) is 7.21. The average molecular weight is 527 g/mol. The third-order valence-electron chi connectivity index (χ3n) is 7.34. The van der Waals surface area contributed by atoms with Gasteiger partial charge < -0.3 is 5.11 Å². The highest BCUT2D eigenvalue weighted by Crippen LogP contribution is 2.39. The van der Waals surface area contributed by atoms with Gasteiger partial charge in [0, 0.05) is 33.5 Å². The summed E-state index contributed by atoms with van der Waals surface area (Å²) in [5, 5.41) is 11.6. The van der Waals surface area contributed by atoms with Gasteiger partial charge in [-0.05, 0) is 72.1 Å². The lowest BCUT2D eigenvalue weighted by Gasteiger charge is -2.23. The number of fused-ring (bicyclic) bond motifs is 2. The zero-order valence-corrected chi connectivity index (χ0v) is 22.0. The molecule has 0 spiro atoms. The van der Waals surface area contributed by atoms with Crippen molar-refractivity contribution in [3.8, 4) is 5.75 Å². The molecule has 0 fully saturated rings. The van der Waals surface area contributed by atoms with Gasteiger partial charge in [-0.15, -0.1) is 0 Å². The molecule has 0 bridgehead atoms. The second-order valence-corrected chi connectivity index (χ2v) is 10.2. The molecule has 1 unspecified atom stereocenters. The maximum atomic E-state index is 13.8. The van der Waals surface area contributed by atoms with E-state index in [0.29, 0.717) is 22.8 Å². The fraction of sp³-hybridized carbons (Fsp3) is 0.118. The minimum Gasteiger partial charge on any atom is -0.506 e. The highest BCUT2D eigenvalue weighted by molar-refractivity contribution is 6.30. The molecule has 4 aromatic carbocycles. The van der Waals surface area contributed by atoms with Crippen LogP contribution in [0.3, 0.4) is 0 Å². The van der Waals surface area contributed by atoms with Crippen LogP contribution in [0.25, 0.3) is 10.9 Å². The summed E-state index contributed by atoms with van der Waals surface area (Å²) in [5.74, 6) is -2.44. The second kappa shape index (κ2) is 9.89. The monoisotopic (exact) mass is 526 g/mol. The van der Waals surface area contributed by atoms with Gasteiger partial charge >= 0.3 is 0 Å². The van der Waals surface area contributed by atoms with Crippen LogP contribution >= 0.6 is 0 Å². The van der Waals surface area contributed by atoms with E-state index in [2.05, 4.69) is 18.8 Å². The van der Waals surface area contributed by atoms with Gasteiger partial charge in [0.15, 0.2) is 11.6 Å². The lowest BCUT2D eigenvalue weighted by Crippen LogP contribution is -2.26. The van der Waals surface area contributed by atoms with E-state index in [0.717, 1.165) is 10.9 Å². The molecule has 6 nitrogen and oxygen atoms in total. The van der Waals surface area contributed by atoms with Crippen LogP contribution < -0.4 is 4.90 Å². The molecule has 1 aliphatic carbocycles. The Kier molecular flexibility index (Phi) is 6.23. The van der Waals surface area contributed by atoms with Gasteiger partial charge in [-0.25, -0.2) is 4.98 Å². The molecule has 1 atom stereocenters. The van der Waals surface area contributed by atoms with Crippen molar-refractivity contribution >= 4 is 39.8 Å². The summed E-state index contributed by atoms with van der Waals surface area (Å²) in [6, 6.07) is 30.3. The van der Waals surface area contributed by atoms with Gasteiger partial charge in [0.05, 0.1) is 5.52 Å². The first-order chi connectivity index (χ1) is 19.3. The van der Waals surface area contributed by atoms with Crippen molar-refractivity contribution in [1.29, 1.82) is 0 Å². The van der Waals surface area contributed by atoms with Gasteiger partial charge in [-0.3, -0.25) is 19.3 Å². The number of rotatable bonds is 5. The predicted molar refractivity (Wildman–Crippen MR) is 155 cm³/mol. The Morgan fingerprint density at radius 1 is 0.775 bits per heavy atom. The van der Waals surface area contributed by atoms with Crippen molar-refractivity contribution in [2.75, 3.05) is 4.90 Å². The Morgan fingerprint density at radius 3 is 2.02 bits per heavy atom. The minimum absolute atomic E-state index is 0.0269. The molecule has 0 saturated heterocycles. The molecule has 1 heterocycles. The van der Waals surface area contributed by atoms with E-state index in [1.807, 2.05) is 78.9 Å². The van der Waals surface area contributed by atoms with E-state index < -0.39 is 17.5 Å². The topological polar surface area (TPSA) is 87.6 Å². The van der Waals surface area contributed by atoms with Crippen LogP contribution in [0, 0.1) is 0 Å². The number of benzene rings is 4. The number of aromatic hydroxyl groups is 1. The zero-order valence-electron chi connectivity index (χ0n) is 22.0. The van der Waals surface area contributed by atoms with E-state index in [1.54, 1.807) is 17.0 Å². The number of para-hydroxylation sites is 2. The molecule has 0 radical (unpaired) electrons. The number of ketones is 2. The Balaban J connectivity index is 1.38. The Hall–Kier alpha value is -5.10. The van der Waals surface area contributed by atoms with E-state index in [9.17, 15) is 19.5 Å². The summed E-state index contributed by atoms with van der Waals surface area (Å²) >= 11 is 0. The summed E-state index contributed by atoms with van der Waals surface area (Å²) in [7, 11) is 0. The molecule has 1 N–H and O–H groups in total. The molecule has 0 aliphatic heterocycles. The number of aromatic nitrogens is 1. The van der Waals surface area contributed by atoms with Crippen LogP contribution in [0.15, 0.2) is 103 Å². The highest BCUT2D eigenvalue weighted by atomic mass is 16.3. The smallest absolute Gasteiger partial charge is 0.262 e. The fourth-order valence-electron chi connectivity index (χ4n) is 5.21. The van der Waals surface area contributed by atoms with Crippen molar-refractivity contribution < 1.29 is 19.5 Å². The van der Waals surface area contributed by atoms with E-state index in [1.165, 1.54) is 12.1 Å². The van der Waals surface area contributed by atoms with Gasteiger partial charge in [0.25, 0.3) is 5.91 Å². The number of nitrogens with zero attached hydrogens (tertiary/aromatic N) is 2. The fourth-order valence-corrected chi connectivity index (χ4v) is 5.21. The van der Waals surface area contributed by atoms with Crippen molar-refractivity contribution in [1.82, 2.24) is 4.98 Å². The second-order valence-electron chi connectivity index (χ2n) is 10.2. The van der Waals surface area contributed by atoms with Gasteiger partial charge in [0.1, 0.15) is 17.4 Å². The molecular formula is C34H26N2O4. The van der Waals surface area contributed by atoms with Crippen molar-refractivity contribution in [2.24, 2.45) is 0 Å². The third-order valence-corrected chi connectivity index (χ3v) is 7.34. The lowest BCUT2D eigenvalue weighted by molar-refractivity contribution is 0.0885. The Morgan fingerprint density at radius 2 is 1.40 bits per heavy atom. The first-order valence-corrected chi connectivity index (χ1v) is 13.1. The summed E-state index contributed by atoms with van der Waals surface area (Å²) in [6.45, 7) is 4.15. The molecule has 1 amide bonds. The van der Waals surface area contributed by atoms with Gasteiger partial charge in [-0.2, -0.15) is 0 Å². The third kappa shape index (κ3) is 4.24. The van der Waals surface area contributed by atoms with E-state index in [-0.39, 0.29) is 34.0 Å². The molecule has 0 saturated carbocycles. The molecule has 196 valence electrons. The number of carbonyl (C=O) groups excluding carboxylic acids is 3. The molecule has 6 rings (SSSR count). The van der Waals surface area contributed by atoms with Crippen LogP contribution in [0.5, 0.6) is 5.75 Å². The first kappa shape index (κ1) is 25.2. The van der Waals surface area contributed by atoms with E-state index >= 15 is 0 Å². The van der Waals surface area contributed by atoms with Gasteiger partial charge in [-0.1, -0.05) is 56.3 Å². The van der Waals surface area contributed by atoms with Crippen molar-refractivity contribution in [2.45, 2.75) is 25.7 Å². The van der Waals surface area contributed by atoms with Crippen LogP contribution in [0.4, 0.5) is 11.4 Å². The number of pyridine rings is 1. The van der Waals surface area contributed by atoms with E-state index in [4.69, 9.17) is 0 Å². The maximum Gasteiger partial charge on any atom is 0.262 e. The normalized spacial score (nSPS) is 14.5. The number of hydrogen-bond acceptors (Lipinski definition) is 5. The van der Waals surface area contributed by atoms with Crippen LogP contribution in [-0.2, 0) is 0 Å². The largest absolute Gasteiger partial charge is 0.506 e. The number of Topliss-reactive ketones (excluding diaryl/α,β-unsaturated/α-hetero) is 2. The summed E-state index contributed by atoms with van der Waals surface area (Å²) in [5.41, 5.74) is 3.69. The Labute approximate surface area is 231 Å². The zero-order chi connectivity index (χ0) is 28.0. The number of carbonyl (C=O) groups is 3. The first-order valence-electron chi connectivity index (χ1n) is 13.1. The maximum absolute atomic E-state index is 13.8. The lowest BCUT2D eigenvalue weighted by atomic mass is 9.96. The van der Waals surface area contributed by atoms with Crippen LogP contribution in [-0.4, -0.2) is 27.6 Å². The van der Waals surface area contributed by atoms with Gasteiger partial charge in [0.2, 0.25) is 0 Å². The number of anilines is 2. The molecule has 1 aliphatic rings. The number of hydrogen-bond donors (Lipinski definition) is 1. The standard InChI is InChI=1S/C34H26N2O4/c1-20(2)21-14-16-28-23(17-21)19-29(37)31(35-28)30-32(38)26-15-13-22(18-27(26)33(30)39)34(40)36(24-9-5-3-6-10-24)25-11-7-4-8-12-25/h3-20,30,37H,1-2H3. The molecule has 1 aromatic heterocycles. The van der Waals surface area contributed by atoms with Crippen LogP contribution in [0.1, 0.15) is 68.0 Å². The molecule has 6 heteroatoms. The SMILES string of the molecule is CC(C)c1ccc2nc(C3C(=O)c4ccc(C(=O)N(c5ccccc5)c5ccccc5)cc4C3=O)c(O)cc2c1. The van der Waals surface area contributed by atoms with Crippen molar-refractivity contribution in [3.05, 3.63) is 131 Å².